The van der Waals surface area contributed by atoms with Gasteiger partial charge >= 0.3 is 6.18 Å². The Balaban J connectivity index is 1.73. The highest BCUT2D eigenvalue weighted by molar-refractivity contribution is 4.82. The summed E-state index contributed by atoms with van der Waals surface area (Å²) in [4.78, 5) is 0. The lowest BCUT2D eigenvalue weighted by Crippen LogP contribution is -2.41. The summed E-state index contributed by atoms with van der Waals surface area (Å²) < 4.78 is 43.3. The maximum atomic E-state index is 12.6. The highest BCUT2D eigenvalue weighted by atomic mass is 19.4. The first kappa shape index (κ1) is 13.1. The highest BCUT2D eigenvalue weighted by Crippen LogP contribution is 2.37. The van der Waals surface area contributed by atoms with Crippen LogP contribution in [0.2, 0.25) is 0 Å². The van der Waals surface area contributed by atoms with Crippen LogP contribution in [0, 0.1) is 5.92 Å². The quantitative estimate of drug-likeness (QED) is 0.832. The second-order valence-electron chi connectivity index (χ2n) is 5.15. The molecule has 1 heterocycles. The summed E-state index contributed by atoms with van der Waals surface area (Å²) in [5.74, 6) is -1.11. The molecule has 0 radical (unpaired) electrons. The van der Waals surface area contributed by atoms with Crippen molar-refractivity contribution in [3.8, 4) is 0 Å². The standard InChI is InChI=1S/C12H20F3NO/c13-12(14,15)9-3-1-4-10(7-9)16-8-11-5-2-6-17-11/h9-11,16H,1-8H2. The van der Waals surface area contributed by atoms with Crippen LogP contribution >= 0.6 is 0 Å². The Morgan fingerprint density at radius 3 is 2.59 bits per heavy atom. The van der Waals surface area contributed by atoms with Crippen LogP contribution in [-0.4, -0.2) is 31.5 Å². The average Bonchev–Trinajstić information content (AvgIpc) is 2.78. The van der Waals surface area contributed by atoms with Gasteiger partial charge in [-0.05, 0) is 32.1 Å². The smallest absolute Gasteiger partial charge is 0.377 e. The van der Waals surface area contributed by atoms with Gasteiger partial charge in [-0.3, -0.25) is 0 Å². The molecule has 0 spiro atoms. The molecule has 100 valence electrons. The van der Waals surface area contributed by atoms with E-state index in [9.17, 15) is 13.2 Å². The molecule has 0 aromatic carbocycles. The second-order valence-corrected chi connectivity index (χ2v) is 5.15. The van der Waals surface area contributed by atoms with Gasteiger partial charge < -0.3 is 10.1 Å². The summed E-state index contributed by atoms with van der Waals surface area (Å²) in [6.45, 7) is 1.50. The van der Waals surface area contributed by atoms with Gasteiger partial charge in [-0.25, -0.2) is 0 Å². The molecule has 0 aromatic rings. The monoisotopic (exact) mass is 251 g/mol. The van der Waals surface area contributed by atoms with Crippen LogP contribution in [0.5, 0.6) is 0 Å². The van der Waals surface area contributed by atoms with Crippen LogP contribution in [0.1, 0.15) is 38.5 Å². The van der Waals surface area contributed by atoms with Crippen LogP contribution in [0.4, 0.5) is 13.2 Å². The van der Waals surface area contributed by atoms with E-state index in [2.05, 4.69) is 5.32 Å². The summed E-state index contributed by atoms with van der Waals surface area (Å²) in [5, 5.41) is 3.24. The molecule has 1 aliphatic heterocycles. The van der Waals surface area contributed by atoms with Crippen molar-refractivity contribution in [1.29, 1.82) is 0 Å². The Labute approximate surface area is 99.9 Å². The van der Waals surface area contributed by atoms with Gasteiger partial charge in [0, 0.05) is 19.2 Å². The Morgan fingerprint density at radius 2 is 1.94 bits per heavy atom. The molecule has 2 nitrogen and oxygen atoms in total. The summed E-state index contributed by atoms with van der Waals surface area (Å²) >= 11 is 0. The Kier molecular flexibility index (Phi) is 4.31. The van der Waals surface area contributed by atoms with Crippen molar-refractivity contribution in [2.75, 3.05) is 13.2 Å². The SMILES string of the molecule is FC(F)(F)C1CCCC(NCC2CCCO2)C1. The molecule has 1 saturated carbocycles. The molecule has 2 rings (SSSR count). The van der Waals surface area contributed by atoms with Gasteiger partial charge in [0.2, 0.25) is 0 Å². The number of ether oxygens (including phenoxy) is 1. The molecule has 0 aromatic heterocycles. The average molecular weight is 251 g/mol. The molecule has 5 heteroatoms. The molecule has 0 amide bonds. The number of alkyl halides is 3. The summed E-state index contributed by atoms with van der Waals surface area (Å²) in [6, 6.07) is 0.0135. The molecular formula is C12H20F3NO. The Bertz CT molecular complexity index is 238. The second kappa shape index (κ2) is 5.57. The fraction of sp³-hybridized carbons (Fsp3) is 1.00. The molecule has 1 N–H and O–H groups in total. The third kappa shape index (κ3) is 3.85. The third-order valence-corrected chi connectivity index (χ3v) is 3.80. The normalized spacial score (nSPS) is 35.1. The lowest BCUT2D eigenvalue weighted by Gasteiger charge is -2.31. The predicted octanol–water partition coefficient (Wildman–Crippen LogP) is 2.88. The first-order valence-corrected chi connectivity index (χ1v) is 6.47. The minimum absolute atomic E-state index is 0.0135. The molecule has 3 atom stereocenters. The summed E-state index contributed by atoms with van der Waals surface area (Å²) in [6.07, 6.45) is 0.348. The van der Waals surface area contributed by atoms with Crippen molar-refractivity contribution in [3.05, 3.63) is 0 Å². The summed E-state index contributed by atoms with van der Waals surface area (Å²) in [7, 11) is 0. The van der Waals surface area contributed by atoms with E-state index in [4.69, 9.17) is 4.74 Å². The number of halogens is 3. The van der Waals surface area contributed by atoms with Gasteiger partial charge in [0.1, 0.15) is 0 Å². The Hall–Kier alpha value is -0.290. The number of hydrogen-bond donors (Lipinski definition) is 1. The van der Waals surface area contributed by atoms with Crippen molar-refractivity contribution < 1.29 is 17.9 Å². The van der Waals surface area contributed by atoms with E-state index >= 15 is 0 Å². The predicted molar refractivity (Wildman–Crippen MR) is 58.8 cm³/mol. The minimum Gasteiger partial charge on any atom is -0.377 e. The fourth-order valence-corrected chi connectivity index (χ4v) is 2.78. The van der Waals surface area contributed by atoms with E-state index in [0.717, 1.165) is 25.9 Å². The number of nitrogens with one attached hydrogen (secondary N) is 1. The highest BCUT2D eigenvalue weighted by Gasteiger charge is 2.42. The van der Waals surface area contributed by atoms with Crippen LogP contribution in [0.25, 0.3) is 0 Å². The third-order valence-electron chi connectivity index (χ3n) is 3.80. The van der Waals surface area contributed by atoms with E-state index in [1.807, 2.05) is 0 Å². The maximum absolute atomic E-state index is 12.6. The van der Waals surface area contributed by atoms with Gasteiger partial charge in [0.05, 0.1) is 12.0 Å². The Morgan fingerprint density at radius 1 is 1.12 bits per heavy atom. The van der Waals surface area contributed by atoms with Crippen LogP contribution in [0.15, 0.2) is 0 Å². The zero-order valence-electron chi connectivity index (χ0n) is 9.93. The lowest BCUT2D eigenvalue weighted by atomic mass is 9.85. The van der Waals surface area contributed by atoms with Gasteiger partial charge in [-0.2, -0.15) is 13.2 Å². The molecular weight excluding hydrogens is 231 g/mol. The maximum Gasteiger partial charge on any atom is 0.391 e. The van der Waals surface area contributed by atoms with E-state index in [0.29, 0.717) is 19.4 Å². The number of hydrogen-bond acceptors (Lipinski definition) is 2. The first-order valence-electron chi connectivity index (χ1n) is 6.47. The first-order chi connectivity index (χ1) is 8.05. The molecule has 3 unspecified atom stereocenters. The number of rotatable bonds is 3. The van der Waals surface area contributed by atoms with Crippen molar-refractivity contribution in [2.45, 2.75) is 56.8 Å². The van der Waals surface area contributed by atoms with Crippen LogP contribution < -0.4 is 5.32 Å². The lowest BCUT2D eigenvalue weighted by molar-refractivity contribution is -0.183. The zero-order chi connectivity index (χ0) is 12.3. The van der Waals surface area contributed by atoms with Gasteiger partial charge in [-0.1, -0.05) is 6.42 Å². The largest absolute Gasteiger partial charge is 0.391 e. The molecule has 17 heavy (non-hydrogen) atoms. The molecule has 2 aliphatic rings. The topological polar surface area (TPSA) is 21.3 Å². The molecule has 0 bridgehead atoms. The molecule has 1 saturated heterocycles. The van der Waals surface area contributed by atoms with E-state index < -0.39 is 12.1 Å². The van der Waals surface area contributed by atoms with Gasteiger partial charge in [0.25, 0.3) is 0 Å². The zero-order valence-corrected chi connectivity index (χ0v) is 9.93. The van der Waals surface area contributed by atoms with Crippen molar-refractivity contribution in [1.82, 2.24) is 5.32 Å². The minimum atomic E-state index is -4.02. The van der Waals surface area contributed by atoms with Crippen molar-refractivity contribution >= 4 is 0 Å². The van der Waals surface area contributed by atoms with Crippen molar-refractivity contribution in [3.63, 3.8) is 0 Å². The van der Waals surface area contributed by atoms with Gasteiger partial charge in [0.15, 0.2) is 0 Å². The summed E-state index contributed by atoms with van der Waals surface area (Å²) in [5.41, 5.74) is 0. The van der Waals surface area contributed by atoms with E-state index in [1.54, 1.807) is 0 Å². The van der Waals surface area contributed by atoms with Crippen LogP contribution in [0.3, 0.4) is 0 Å². The van der Waals surface area contributed by atoms with E-state index in [-0.39, 0.29) is 18.6 Å². The van der Waals surface area contributed by atoms with Gasteiger partial charge in [-0.15, -0.1) is 0 Å². The van der Waals surface area contributed by atoms with Crippen LogP contribution in [-0.2, 0) is 4.74 Å². The van der Waals surface area contributed by atoms with Crippen molar-refractivity contribution in [2.24, 2.45) is 5.92 Å². The van der Waals surface area contributed by atoms with E-state index in [1.165, 1.54) is 0 Å². The molecule has 1 aliphatic carbocycles. The fourth-order valence-electron chi connectivity index (χ4n) is 2.78. The molecule has 2 fully saturated rings.